The molecule has 3 heterocycles. The Morgan fingerprint density at radius 3 is 2.49 bits per heavy atom. The van der Waals surface area contributed by atoms with Gasteiger partial charge in [0.05, 0.1) is 37.9 Å². The van der Waals surface area contributed by atoms with Gasteiger partial charge in [0.1, 0.15) is 11.3 Å². The van der Waals surface area contributed by atoms with Crippen LogP contribution in [-0.4, -0.2) is 58.9 Å². The molecule has 3 aliphatic rings. The fourth-order valence-electron chi connectivity index (χ4n) is 6.66. The monoisotopic (exact) mass is 530 g/mol. The molecule has 1 saturated carbocycles. The molecule has 6 rings (SSSR count). The molecule has 198 valence electrons. The number of likely N-dealkylation sites (tertiary alicyclic amines) is 1. The third kappa shape index (κ3) is 3.46. The van der Waals surface area contributed by atoms with Crippen molar-refractivity contribution in [2.24, 2.45) is 5.92 Å². The number of nitrogens with zero attached hydrogens (tertiary/aromatic N) is 4. The number of halogens is 2. The number of methoxy groups -OCH3 is 1. The Balaban J connectivity index is 1.62. The van der Waals surface area contributed by atoms with Crippen molar-refractivity contribution in [1.82, 2.24) is 9.88 Å². The highest BCUT2D eigenvalue weighted by molar-refractivity contribution is 5.62. The Morgan fingerprint density at radius 1 is 1.21 bits per heavy atom. The molecule has 8 nitrogen and oxygen atoms in total. The number of aliphatic hydroxyl groups is 2. The van der Waals surface area contributed by atoms with Crippen LogP contribution in [0.5, 0.6) is 11.6 Å². The number of benzene rings is 2. The van der Waals surface area contributed by atoms with Crippen molar-refractivity contribution in [3.8, 4) is 17.7 Å². The molecule has 2 fully saturated rings. The quantitative estimate of drug-likeness (QED) is 0.485. The van der Waals surface area contributed by atoms with Crippen LogP contribution in [0.4, 0.5) is 14.6 Å². The zero-order valence-electron chi connectivity index (χ0n) is 20.9. The third-order valence-electron chi connectivity index (χ3n) is 8.14. The van der Waals surface area contributed by atoms with E-state index < -0.39 is 48.2 Å². The van der Waals surface area contributed by atoms with E-state index in [1.165, 1.54) is 13.2 Å². The van der Waals surface area contributed by atoms with Crippen LogP contribution in [0.25, 0.3) is 4.85 Å². The molecule has 1 saturated heterocycles. The Kier molecular flexibility index (Phi) is 5.63. The van der Waals surface area contributed by atoms with Crippen LogP contribution in [-0.2, 0) is 11.2 Å². The second-order valence-corrected chi connectivity index (χ2v) is 10.3. The largest absolute Gasteiger partial charge is 0.479 e. The first-order valence-electron chi connectivity index (χ1n) is 12.4. The molecule has 1 aromatic heterocycles. The lowest BCUT2D eigenvalue weighted by atomic mass is 9.70. The first kappa shape index (κ1) is 25.2. The maximum Gasteiger partial charge on any atom is 0.319 e. The summed E-state index contributed by atoms with van der Waals surface area (Å²) in [5, 5.41) is 34.2. The molecular formula is C29H24F2N4O4. The van der Waals surface area contributed by atoms with E-state index in [1.807, 2.05) is 30.3 Å². The van der Waals surface area contributed by atoms with Gasteiger partial charge in [0.25, 0.3) is 11.7 Å². The highest BCUT2D eigenvalue weighted by Gasteiger charge is 2.77. The fraction of sp³-hybridized carbons (Fsp3) is 0.345. The maximum absolute atomic E-state index is 13.8. The molecule has 2 aliphatic heterocycles. The van der Waals surface area contributed by atoms with Crippen molar-refractivity contribution >= 4 is 5.82 Å². The van der Waals surface area contributed by atoms with Gasteiger partial charge in [-0.25, -0.2) is 8.78 Å². The lowest BCUT2D eigenvalue weighted by Gasteiger charge is -2.43. The third-order valence-corrected chi connectivity index (χ3v) is 8.14. The van der Waals surface area contributed by atoms with E-state index in [-0.39, 0.29) is 29.6 Å². The number of ether oxygens (including phenoxy) is 2. The smallest absolute Gasteiger partial charge is 0.319 e. The topological polar surface area (TPSA) is 103 Å². The SMILES string of the molecule is [C-]#[N+]c1cc2c(c(OC)n1)[C@]1(O)[C@H](O)[C@H](CN3CC(F)(F)C3)[C@@H](c3ccccc3)[C@]1(c1ccc(C#N)cc1)O2. The zero-order chi connectivity index (χ0) is 27.6. The van der Waals surface area contributed by atoms with Crippen molar-refractivity contribution in [2.45, 2.75) is 29.1 Å². The van der Waals surface area contributed by atoms with E-state index in [0.717, 1.165) is 5.56 Å². The van der Waals surface area contributed by atoms with E-state index in [1.54, 1.807) is 29.2 Å². The molecule has 3 aromatic rings. The first-order chi connectivity index (χ1) is 18.7. The highest BCUT2D eigenvalue weighted by Crippen LogP contribution is 2.70. The number of pyridine rings is 1. The van der Waals surface area contributed by atoms with Crippen LogP contribution in [0.15, 0.2) is 60.7 Å². The molecule has 0 bridgehead atoms. The summed E-state index contributed by atoms with van der Waals surface area (Å²) in [7, 11) is 1.34. The van der Waals surface area contributed by atoms with E-state index in [9.17, 15) is 24.3 Å². The van der Waals surface area contributed by atoms with Crippen molar-refractivity contribution in [1.29, 1.82) is 5.26 Å². The Bertz CT molecular complexity index is 1510. The molecule has 0 radical (unpaired) electrons. The molecule has 2 N–H and O–H groups in total. The number of aromatic nitrogens is 1. The number of hydrogen-bond donors (Lipinski definition) is 2. The van der Waals surface area contributed by atoms with Gasteiger partial charge in [-0.3, -0.25) is 4.90 Å². The van der Waals surface area contributed by atoms with Gasteiger partial charge in [-0.05, 0) is 23.3 Å². The predicted molar refractivity (Wildman–Crippen MR) is 134 cm³/mol. The van der Waals surface area contributed by atoms with Gasteiger partial charge in [0.2, 0.25) is 0 Å². The standard InChI is InChI=1S/C29H24F2N4O4/c1-33-22-12-21-24(26(34-22)38-2)28(37)25(36)20(14-35-15-27(30,31)16-35)23(18-6-4-3-5-7-18)29(28,39-21)19-10-8-17(13-32)9-11-19/h3-12,20,23,25,36-37H,14-16H2,2H3/t20-,23-,25-,28+,29+/m1/s1. The molecule has 10 heteroatoms. The second kappa shape index (κ2) is 8.72. The van der Waals surface area contributed by atoms with Gasteiger partial charge in [0.15, 0.2) is 11.2 Å². The number of fused-ring (bicyclic) bond motifs is 3. The second-order valence-electron chi connectivity index (χ2n) is 10.3. The first-order valence-corrected chi connectivity index (χ1v) is 12.4. The molecule has 5 atom stereocenters. The minimum absolute atomic E-state index is 0.0192. The summed E-state index contributed by atoms with van der Waals surface area (Å²) in [6, 6.07) is 19.1. The summed E-state index contributed by atoms with van der Waals surface area (Å²) in [6.45, 7) is 6.65. The normalized spacial score (nSPS) is 30.3. The summed E-state index contributed by atoms with van der Waals surface area (Å²) in [4.78, 5) is 9.17. The number of aliphatic hydroxyl groups excluding tert-OH is 1. The van der Waals surface area contributed by atoms with Crippen LogP contribution < -0.4 is 9.47 Å². The van der Waals surface area contributed by atoms with Crippen LogP contribution >= 0.6 is 0 Å². The fourth-order valence-corrected chi connectivity index (χ4v) is 6.66. The summed E-state index contributed by atoms with van der Waals surface area (Å²) in [6.07, 6.45) is -1.50. The lowest BCUT2D eigenvalue weighted by Crippen LogP contribution is -2.58. The summed E-state index contributed by atoms with van der Waals surface area (Å²) >= 11 is 0. The number of rotatable bonds is 5. The highest BCUT2D eigenvalue weighted by atomic mass is 19.3. The van der Waals surface area contributed by atoms with Gasteiger partial charge in [-0.2, -0.15) is 5.26 Å². The number of nitriles is 1. The lowest BCUT2D eigenvalue weighted by molar-refractivity contribution is -0.157. The minimum atomic E-state index is -2.81. The maximum atomic E-state index is 13.8. The predicted octanol–water partition coefficient (Wildman–Crippen LogP) is 3.71. The van der Waals surface area contributed by atoms with E-state index >= 15 is 0 Å². The summed E-state index contributed by atoms with van der Waals surface area (Å²) in [5.74, 6) is -4.24. The molecule has 2 aromatic carbocycles. The molecule has 39 heavy (non-hydrogen) atoms. The van der Waals surface area contributed by atoms with Gasteiger partial charge in [0, 0.05) is 24.4 Å². The average Bonchev–Trinajstić information content (AvgIpc) is 3.30. The van der Waals surface area contributed by atoms with Gasteiger partial charge >= 0.3 is 5.88 Å². The van der Waals surface area contributed by atoms with E-state index in [0.29, 0.717) is 11.1 Å². The van der Waals surface area contributed by atoms with Crippen LogP contribution in [0.3, 0.4) is 0 Å². The van der Waals surface area contributed by atoms with Crippen LogP contribution in [0.2, 0.25) is 0 Å². The zero-order valence-corrected chi connectivity index (χ0v) is 20.9. The van der Waals surface area contributed by atoms with Crippen LogP contribution in [0.1, 0.15) is 28.2 Å². The van der Waals surface area contributed by atoms with Crippen molar-refractivity contribution in [2.75, 3.05) is 26.7 Å². The number of alkyl halides is 2. The van der Waals surface area contributed by atoms with E-state index in [4.69, 9.17) is 16.0 Å². The minimum Gasteiger partial charge on any atom is -0.479 e. The molecule has 1 aliphatic carbocycles. The van der Waals surface area contributed by atoms with Crippen molar-refractivity contribution in [3.63, 3.8) is 0 Å². The van der Waals surface area contributed by atoms with Crippen molar-refractivity contribution in [3.05, 3.63) is 94.3 Å². The van der Waals surface area contributed by atoms with E-state index in [2.05, 4.69) is 15.9 Å². The van der Waals surface area contributed by atoms with Crippen molar-refractivity contribution < 1.29 is 28.5 Å². The molecule has 0 spiro atoms. The number of hydrogen-bond acceptors (Lipinski definition) is 7. The van der Waals surface area contributed by atoms with Gasteiger partial charge < -0.3 is 24.5 Å². The Morgan fingerprint density at radius 2 is 1.90 bits per heavy atom. The summed E-state index contributed by atoms with van der Waals surface area (Å²) in [5.41, 5.74) is -2.15. The average molecular weight is 531 g/mol. The Labute approximate surface area is 223 Å². The molecular weight excluding hydrogens is 506 g/mol. The molecule has 0 amide bonds. The van der Waals surface area contributed by atoms with Gasteiger partial charge in [-0.15, -0.1) is 0 Å². The Hall–Kier alpha value is -4.09. The molecule has 0 unspecified atom stereocenters. The summed E-state index contributed by atoms with van der Waals surface area (Å²) < 4.78 is 39.8. The van der Waals surface area contributed by atoms with Gasteiger partial charge in [-0.1, -0.05) is 54.0 Å². The van der Waals surface area contributed by atoms with Crippen LogP contribution in [0, 0.1) is 23.8 Å².